The molecule has 0 unspecified atom stereocenters. The van der Waals surface area contributed by atoms with E-state index in [9.17, 15) is 0 Å². The molecule has 1 aliphatic carbocycles. The van der Waals surface area contributed by atoms with Crippen molar-refractivity contribution in [1.29, 1.82) is 0 Å². The van der Waals surface area contributed by atoms with Crippen LogP contribution in [0.5, 0.6) is 11.5 Å². The highest BCUT2D eigenvalue weighted by Crippen LogP contribution is 2.40. The predicted octanol–water partition coefficient (Wildman–Crippen LogP) is 4.06. The Balaban J connectivity index is 2.03. The molecule has 0 amide bonds. The third-order valence-corrected chi connectivity index (χ3v) is 3.46. The van der Waals surface area contributed by atoms with E-state index in [-0.39, 0.29) is 0 Å². The highest BCUT2D eigenvalue weighted by molar-refractivity contribution is 5.78. The van der Waals surface area contributed by atoms with Crippen LogP contribution in [0.25, 0.3) is 11.1 Å². The fourth-order valence-electron chi connectivity index (χ4n) is 2.64. The highest BCUT2D eigenvalue weighted by atomic mass is 16.5. The molecule has 19 heavy (non-hydrogen) atoms. The van der Waals surface area contributed by atoms with Gasteiger partial charge in [0, 0.05) is 0 Å². The normalized spacial score (nSPS) is 11.9. The van der Waals surface area contributed by atoms with Gasteiger partial charge in [-0.25, -0.2) is 0 Å². The Bertz CT molecular complexity index is 549. The Morgan fingerprint density at radius 1 is 0.789 bits per heavy atom. The van der Waals surface area contributed by atoms with E-state index in [2.05, 4.69) is 36.4 Å². The van der Waals surface area contributed by atoms with Gasteiger partial charge in [-0.2, -0.15) is 0 Å². The summed E-state index contributed by atoms with van der Waals surface area (Å²) in [6, 6.07) is 12.7. The van der Waals surface area contributed by atoms with Crippen molar-refractivity contribution in [3.8, 4) is 22.6 Å². The summed E-state index contributed by atoms with van der Waals surface area (Å²) in [6.45, 7) is 5.41. The van der Waals surface area contributed by atoms with Gasteiger partial charge in [-0.15, -0.1) is 0 Å². The molecule has 2 nitrogen and oxygen atoms in total. The van der Waals surface area contributed by atoms with Crippen LogP contribution in [-0.4, -0.2) is 13.2 Å². The Kier molecular flexibility index (Phi) is 3.16. The molecule has 0 atom stereocenters. The number of hydrogen-bond donors (Lipinski definition) is 0. The first kappa shape index (κ1) is 12.1. The zero-order valence-corrected chi connectivity index (χ0v) is 11.4. The molecular weight excluding hydrogens is 236 g/mol. The zero-order chi connectivity index (χ0) is 13.2. The minimum absolute atomic E-state index is 0.699. The summed E-state index contributed by atoms with van der Waals surface area (Å²) in [7, 11) is 0. The van der Waals surface area contributed by atoms with Gasteiger partial charge >= 0.3 is 0 Å². The minimum Gasteiger partial charge on any atom is -0.494 e. The van der Waals surface area contributed by atoms with Gasteiger partial charge in [0.05, 0.1) is 13.2 Å². The second kappa shape index (κ2) is 4.96. The van der Waals surface area contributed by atoms with Crippen LogP contribution in [0.1, 0.15) is 25.0 Å². The topological polar surface area (TPSA) is 18.5 Å². The second-order valence-corrected chi connectivity index (χ2v) is 4.68. The van der Waals surface area contributed by atoms with E-state index < -0.39 is 0 Å². The van der Waals surface area contributed by atoms with Crippen molar-refractivity contribution in [3.05, 3.63) is 47.5 Å². The van der Waals surface area contributed by atoms with Gasteiger partial charge in [0.2, 0.25) is 0 Å². The Morgan fingerprint density at radius 3 is 1.68 bits per heavy atom. The lowest BCUT2D eigenvalue weighted by atomic mass is 10.1. The van der Waals surface area contributed by atoms with Crippen molar-refractivity contribution in [2.24, 2.45) is 0 Å². The summed E-state index contributed by atoms with van der Waals surface area (Å²) >= 11 is 0. The SMILES string of the molecule is CCOc1ccc2c(c1)-c1cc(OCC)ccc1C2. The predicted molar refractivity (Wildman–Crippen MR) is 77.0 cm³/mol. The first-order valence-electron chi connectivity index (χ1n) is 6.83. The van der Waals surface area contributed by atoms with Gasteiger partial charge in [-0.05, 0) is 66.8 Å². The molecule has 2 heteroatoms. The largest absolute Gasteiger partial charge is 0.494 e. The molecule has 2 aromatic rings. The summed E-state index contributed by atoms with van der Waals surface area (Å²) in [5.41, 5.74) is 5.30. The average Bonchev–Trinajstić information content (AvgIpc) is 2.77. The summed E-state index contributed by atoms with van der Waals surface area (Å²) in [4.78, 5) is 0. The molecule has 0 radical (unpaired) electrons. The van der Waals surface area contributed by atoms with Gasteiger partial charge in [0.25, 0.3) is 0 Å². The molecule has 98 valence electrons. The van der Waals surface area contributed by atoms with Gasteiger partial charge in [-0.1, -0.05) is 12.1 Å². The highest BCUT2D eigenvalue weighted by Gasteiger charge is 2.19. The van der Waals surface area contributed by atoms with E-state index in [1.807, 2.05) is 13.8 Å². The second-order valence-electron chi connectivity index (χ2n) is 4.68. The monoisotopic (exact) mass is 254 g/mol. The first-order chi connectivity index (χ1) is 9.31. The lowest BCUT2D eigenvalue weighted by Gasteiger charge is -2.08. The zero-order valence-electron chi connectivity index (χ0n) is 11.4. The molecule has 0 spiro atoms. The van der Waals surface area contributed by atoms with E-state index in [1.54, 1.807) is 0 Å². The van der Waals surface area contributed by atoms with Crippen LogP contribution >= 0.6 is 0 Å². The maximum Gasteiger partial charge on any atom is 0.119 e. The van der Waals surface area contributed by atoms with Crippen molar-refractivity contribution in [3.63, 3.8) is 0 Å². The van der Waals surface area contributed by atoms with Crippen LogP contribution in [0.4, 0.5) is 0 Å². The van der Waals surface area contributed by atoms with E-state index >= 15 is 0 Å². The Morgan fingerprint density at radius 2 is 1.26 bits per heavy atom. The molecule has 0 N–H and O–H groups in total. The number of ether oxygens (including phenoxy) is 2. The molecule has 1 aliphatic rings. The molecule has 0 heterocycles. The van der Waals surface area contributed by atoms with Crippen molar-refractivity contribution in [2.75, 3.05) is 13.2 Å². The Hall–Kier alpha value is -1.96. The van der Waals surface area contributed by atoms with Gasteiger partial charge in [-0.3, -0.25) is 0 Å². The molecule has 0 saturated heterocycles. The van der Waals surface area contributed by atoms with Crippen LogP contribution in [-0.2, 0) is 6.42 Å². The quantitative estimate of drug-likeness (QED) is 0.699. The summed E-state index contributed by atoms with van der Waals surface area (Å²) in [5.74, 6) is 1.88. The third kappa shape index (κ3) is 2.19. The van der Waals surface area contributed by atoms with Crippen molar-refractivity contribution in [1.82, 2.24) is 0 Å². The first-order valence-corrected chi connectivity index (χ1v) is 6.83. The van der Waals surface area contributed by atoms with Crippen LogP contribution in [0.3, 0.4) is 0 Å². The molecule has 0 aromatic heterocycles. The van der Waals surface area contributed by atoms with Gasteiger partial charge in [0.1, 0.15) is 11.5 Å². The van der Waals surface area contributed by atoms with Gasteiger partial charge < -0.3 is 9.47 Å². The number of benzene rings is 2. The lowest BCUT2D eigenvalue weighted by molar-refractivity contribution is 0.340. The molecule has 0 fully saturated rings. The van der Waals surface area contributed by atoms with Crippen molar-refractivity contribution >= 4 is 0 Å². The molecule has 0 bridgehead atoms. The fourth-order valence-corrected chi connectivity index (χ4v) is 2.64. The summed E-state index contributed by atoms with van der Waals surface area (Å²) in [5, 5.41) is 0. The van der Waals surface area contributed by atoms with Gasteiger partial charge in [0.15, 0.2) is 0 Å². The summed E-state index contributed by atoms with van der Waals surface area (Å²) in [6.07, 6.45) is 1.00. The molecule has 3 rings (SSSR count). The molecule has 0 saturated carbocycles. The number of fused-ring (bicyclic) bond motifs is 3. The number of hydrogen-bond acceptors (Lipinski definition) is 2. The number of rotatable bonds is 4. The van der Waals surface area contributed by atoms with Crippen LogP contribution in [0, 0.1) is 0 Å². The molecule has 0 aliphatic heterocycles. The fraction of sp³-hybridized carbons (Fsp3) is 0.294. The smallest absolute Gasteiger partial charge is 0.119 e. The van der Waals surface area contributed by atoms with Crippen LogP contribution in [0.2, 0.25) is 0 Å². The van der Waals surface area contributed by atoms with Crippen molar-refractivity contribution < 1.29 is 9.47 Å². The summed E-state index contributed by atoms with van der Waals surface area (Å²) < 4.78 is 11.2. The maximum atomic E-state index is 5.59. The molecule has 2 aromatic carbocycles. The Labute approximate surface area is 114 Å². The standard InChI is InChI=1S/C17H18O2/c1-3-18-14-7-5-12-9-13-6-8-15(19-4-2)11-17(13)16(12)10-14/h5-8,10-11H,3-4,9H2,1-2H3. The third-order valence-electron chi connectivity index (χ3n) is 3.46. The van der Waals surface area contributed by atoms with Crippen LogP contribution in [0.15, 0.2) is 36.4 Å². The maximum absolute atomic E-state index is 5.59. The molecular formula is C17H18O2. The van der Waals surface area contributed by atoms with E-state index in [1.165, 1.54) is 22.3 Å². The lowest BCUT2D eigenvalue weighted by Crippen LogP contribution is -1.92. The van der Waals surface area contributed by atoms with Crippen LogP contribution < -0.4 is 9.47 Å². The van der Waals surface area contributed by atoms with E-state index in [0.717, 1.165) is 17.9 Å². The van der Waals surface area contributed by atoms with Crippen molar-refractivity contribution in [2.45, 2.75) is 20.3 Å². The average molecular weight is 254 g/mol. The van der Waals surface area contributed by atoms with E-state index in [4.69, 9.17) is 9.47 Å². The van der Waals surface area contributed by atoms with E-state index in [0.29, 0.717) is 13.2 Å². The minimum atomic E-state index is 0.699.